The molecule has 0 saturated carbocycles. The molecule has 1 aliphatic heterocycles. The molecule has 0 aliphatic carbocycles. The number of amides is 1. The molecule has 2 heteroatoms. The van der Waals surface area contributed by atoms with E-state index in [9.17, 15) is 4.79 Å². The predicted octanol–water partition coefficient (Wildman–Crippen LogP) is 4.29. The van der Waals surface area contributed by atoms with Gasteiger partial charge in [0.2, 0.25) is 5.91 Å². The van der Waals surface area contributed by atoms with E-state index in [4.69, 9.17) is 0 Å². The second-order valence-electron chi connectivity index (χ2n) is 6.09. The smallest absolute Gasteiger partial charge is 0.223 e. The van der Waals surface area contributed by atoms with Crippen LogP contribution in [0.15, 0.2) is 54.6 Å². The molecule has 0 radical (unpaired) electrons. The highest BCUT2D eigenvalue weighted by molar-refractivity contribution is 5.77. The monoisotopic (exact) mass is 293 g/mol. The Hall–Kier alpha value is -2.09. The first-order valence-electron chi connectivity index (χ1n) is 8.14. The lowest BCUT2D eigenvalue weighted by atomic mass is 9.99. The number of carbonyl (C=O) groups is 1. The molecule has 1 saturated heterocycles. The highest BCUT2D eigenvalue weighted by Crippen LogP contribution is 2.34. The molecule has 1 heterocycles. The van der Waals surface area contributed by atoms with E-state index in [0.29, 0.717) is 6.42 Å². The van der Waals surface area contributed by atoms with Crippen LogP contribution in [0.5, 0.6) is 0 Å². The number of hydrogen-bond donors (Lipinski definition) is 0. The quantitative estimate of drug-likeness (QED) is 0.823. The molecule has 0 spiro atoms. The van der Waals surface area contributed by atoms with Crippen molar-refractivity contribution in [2.24, 2.45) is 0 Å². The zero-order chi connectivity index (χ0) is 15.4. The Morgan fingerprint density at radius 2 is 1.82 bits per heavy atom. The lowest BCUT2D eigenvalue weighted by molar-refractivity contribution is -0.132. The minimum atomic E-state index is 0.268. The van der Waals surface area contributed by atoms with Gasteiger partial charge < -0.3 is 4.90 Å². The molecule has 2 aromatic rings. The molecule has 0 N–H and O–H groups in total. The van der Waals surface area contributed by atoms with E-state index in [2.05, 4.69) is 48.2 Å². The van der Waals surface area contributed by atoms with E-state index < -0.39 is 0 Å². The lowest BCUT2D eigenvalue weighted by Crippen LogP contribution is -2.31. The van der Waals surface area contributed by atoms with Crippen LogP contribution in [0.3, 0.4) is 0 Å². The van der Waals surface area contributed by atoms with Crippen molar-refractivity contribution in [1.29, 1.82) is 0 Å². The molecular weight excluding hydrogens is 270 g/mol. The zero-order valence-corrected chi connectivity index (χ0v) is 13.2. The molecule has 3 rings (SSSR count). The van der Waals surface area contributed by atoms with Gasteiger partial charge in [0, 0.05) is 13.0 Å². The predicted molar refractivity (Wildman–Crippen MR) is 89.6 cm³/mol. The van der Waals surface area contributed by atoms with Crippen LogP contribution >= 0.6 is 0 Å². The van der Waals surface area contributed by atoms with E-state index in [1.807, 2.05) is 18.2 Å². The van der Waals surface area contributed by atoms with E-state index >= 15 is 0 Å². The summed E-state index contributed by atoms with van der Waals surface area (Å²) in [5.74, 6) is 0.287. The third-order valence-corrected chi connectivity index (χ3v) is 4.59. The Labute approximate surface area is 132 Å². The van der Waals surface area contributed by atoms with Crippen LogP contribution in [0.25, 0.3) is 0 Å². The van der Waals surface area contributed by atoms with Crippen molar-refractivity contribution in [1.82, 2.24) is 4.90 Å². The number of hydrogen-bond acceptors (Lipinski definition) is 1. The molecule has 1 amide bonds. The number of rotatable bonds is 4. The summed E-state index contributed by atoms with van der Waals surface area (Å²) in [5.41, 5.74) is 3.84. The normalized spacial score (nSPS) is 17.7. The van der Waals surface area contributed by atoms with Gasteiger partial charge in [-0.2, -0.15) is 0 Å². The zero-order valence-electron chi connectivity index (χ0n) is 13.2. The van der Waals surface area contributed by atoms with Gasteiger partial charge in [-0.05, 0) is 42.9 Å². The number of carbonyl (C=O) groups excluding carboxylic acids is 1. The number of nitrogens with zero attached hydrogens (tertiary/aromatic N) is 1. The molecule has 22 heavy (non-hydrogen) atoms. The second kappa shape index (κ2) is 6.78. The summed E-state index contributed by atoms with van der Waals surface area (Å²) in [4.78, 5) is 14.7. The van der Waals surface area contributed by atoms with Crippen LogP contribution in [0, 0.1) is 6.92 Å². The van der Waals surface area contributed by atoms with Gasteiger partial charge >= 0.3 is 0 Å². The van der Waals surface area contributed by atoms with Crippen LogP contribution in [-0.4, -0.2) is 17.4 Å². The first kappa shape index (κ1) is 14.8. The molecule has 1 fully saturated rings. The summed E-state index contributed by atoms with van der Waals surface area (Å²) in [6.07, 6.45) is 3.63. The maximum atomic E-state index is 12.6. The van der Waals surface area contributed by atoms with Gasteiger partial charge in [-0.3, -0.25) is 4.79 Å². The first-order valence-corrected chi connectivity index (χ1v) is 8.14. The Morgan fingerprint density at radius 1 is 1.09 bits per heavy atom. The van der Waals surface area contributed by atoms with Crippen molar-refractivity contribution in [3.63, 3.8) is 0 Å². The standard InChI is InChI=1S/C20H23NO/c1-16-8-5-6-11-18(16)19-12-7-15-21(19)20(22)14-13-17-9-3-2-4-10-17/h2-6,8-11,19H,7,12-15H2,1H3/t19-/m0/s1. The van der Waals surface area contributed by atoms with Crippen molar-refractivity contribution < 1.29 is 4.79 Å². The SMILES string of the molecule is Cc1ccccc1[C@@H]1CCCN1C(=O)CCc1ccccc1. The van der Waals surface area contributed by atoms with Crippen molar-refractivity contribution >= 4 is 5.91 Å². The Bertz CT molecular complexity index is 635. The fourth-order valence-electron chi connectivity index (χ4n) is 3.39. The van der Waals surface area contributed by atoms with Crippen LogP contribution < -0.4 is 0 Å². The third-order valence-electron chi connectivity index (χ3n) is 4.59. The summed E-state index contributed by atoms with van der Waals surface area (Å²) in [7, 11) is 0. The van der Waals surface area contributed by atoms with Crippen LogP contribution in [0.2, 0.25) is 0 Å². The fraction of sp³-hybridized carbons (Fsp3) is 0.350. The van der Waals surface area contributed by atoms with Crippen molar-refractivity contribution in [3.8, 4) is 0 Å². The Balaban J connectivity index is 1.68. The van der Waals surface area contributed by atoms with Crippen LogP contribution in [0.1, 0.15) is 42.0 Å². The van der Waals surface area contributed by atoms with E-state index in [0.717, 1.165) is 25.8 Å². The van der Waals surface area contributed by atoms with Crippen molar-refractivity contribution in [2.45, 2.75) is 38.6 Å². The second-order valence-corrected chi connectivity index (χ2v) is 6.09. The first-order chi connectivity index (χ1) is 10.8. The highest BCUT2D eigenvalue weighted by Gasteiger charge is 2.30. The topological polar surface area (TPSA) is 20.3 Å². The summed E-state index contributed by atoms with van der Waals surface area (Å²) >= 11 is 0. The Kier molecular flexibility index (Phi) is 4.57. The minimum Gasteiger partial charge on any atom is -0.336 e. The molecule has 114 valence electrons. The van der Waals surface area contributed by atoms with E-state index in [1.54, 1.807) is 0 Å². The highest BCUT2D eigenvalue weighted by atomic mass is 16.2. The molecule has 0 bridgehead atoms. The number of aryl methyl sites for hydroxylation is 2. The van der Waals surface area contributed by atoms with Gasteiger partial charge in [0.25, 0.3) is 0 Å². The molecule has 0 unspecified atom stereocenters. The van der Waals surface area contributed by atoms with Gasteiger partial charge in [0.1, 0.15) is 0 Å². The summed E-state index contributed by atoms with van der Waals surface area (Å²) < 4.78 is 0. The molecule has 0 aromatic heterocycles. The fourth-order valence-corrected chi connectivity index (χ4v) is 3.39. The molecule has 1 atom stereocenters. The van der Waals surface area contributed by atoms with Gasteiger partial charge in [-0.15, -0.1) is 0 Å². The van der Waals surface area contributed by atoms with Gasteiger partial charge in [-0.25, -0.2) is 0 Å². The van der Waals surface area contributed by atoms with Crippen LogP contribution in [0.4, 0.5) is 0 Å². The molecule has 1 aliphatic rings. The summed E-state index contributed by atoms with van der Waals surface area (Å²) in [6, 6.07) is 19.0. The molecular formula is C20H23NO. The summed E-state index contributed by atoms with van der Waals surface area (Å²) in [5, 5.41) is 0. The van der Waals surface area contributed by atoms with E-state index in [-0.39, 0.29) is 11.9 Å². The third kappa shape index (κ3) is 3.22. The lowest BCUT2D eigenvalue weighted by Gasteiger charge is -2.26. The number of benzene rings is 2. The van der Waals surface area contributed by atoms with Gasteiger partial charge in [0.05, 0.1) is 6.04 Å². The average molecular weight is 293 g/mol. The number of likely N-dealkylation sites (tertiary alicyclic amines) is 1. The molecule has 2 aromatic carbocycles. The molecule has 2 nitrogen and oxygen atoms in total. The van der Waals surface area contributed by atoms with Crippen molar-refractivity contribution in [3.05, 3.63) is 71.3 Å². The maximum absolute atomic E-state index is 12.6. The van der Waals surface area contributed by atoms with E-state index in [1.165, 1.54) is 16.7 Å². The van der Waals surface area contributed by atoms with Gasteiger partial charge in [0.15, 0.2) is 0 Å². The largest absolute Gasteiger partial charge is 0.336 e. The van der Waals surface area contributed by atoms with Gasteiger partial charge in [-0.1, -0.05) is 54.6 Å². The minimum absolute atomic E-state index is 0.268. The summed E-state index contributed by atoms with van der Waals surface area (Å²) in [6.45, 7) is 3.03. The van der Waals surface area contributed by atoms with Crippen molar-refractivity contribution in [2.75, 3.05) is 6.54 Å². The van der Waals surface area contributed by atoms with Crippen LogP contribution in [-0.2, 0) is 11.2 Å². The Morgan fingerprint density at radius 3 is 2.59 bits per heavy atom. The average Bonchev–Trinajstić information content (AvgIpc) is 3.03. The maximum Gasteiger partial charge on any atom is 0.223 e.